The molecule has 8 nitrogen and oxygen atoms in total. The summed E-state index contributed by atoms with van der Waals surface area (Å²) in [5.74, 6) is -0.581. The molecule has 0 fully saturated rings. The third-order valence-corrected chi connectivity index (χ3v) is 6.82. The van der Waals surface area contributed by atoms with Crippen LogP contribution in [0.3, 0.4) is 0 Å². The number of nitrogens with zero attached hydrogens (tertiary/aromatic N) is 3. The zero-order valence-corrected chi connectivity index (χ0v) is 17.9. The molecule has 2 aromatic carbocycles. The van der Waals surface area contributed by atoms with Crippen molar-refractivity contribution in [2.75, 3.05) is 17.3 Å². The summed E-state index contributed by atoms with van der Waals surface area (Å²) in [5, 5.41) is 30.9. The number of allylic oxidation sites excluding steroid dienone is 1. The van der Waals surface area contributed by atoms with E-state index in [1.807, 2.05) is 12.1 Å². The summed E-state index contributed by atoms with van der Waals surface area (Å²) in [6.07, 6.45) is 0. The molecular weight excluding hydrogens is 435 g/mol. The van der Waals surface area contributed by atoms with Gasteiger partial charge in [-0.25, -0.2) is 17.6 Å². The van der Waals surface area contributed by atoms with E-state index in [1.54, 1.807) is 18.2 Å². The van der Waals surface area contributed by atoms with Crippen molar-refractivity contribution in [3.05, 3.63) is 70.4 Å². The summed E-state index contributed by atoms with van der Waals surface area (Å²) in [4.78, 5) is 14.0. The SMILES string of the molecule is CC1=C(C#N)[C@@H](c2ccc(C#N)cc2S(=O)(=O)CCO)NC(=O)N1c1cccc(CF)c1. The van der Waals surface area contributed by atoms with Gasteiger partial charge in [0.25, 0.3) is 0 Å². The van der Waals surface area contributed by atoms with Gasteiger partial charge >= 0.3 is 6.03 Å². The first-order chi connectivity index (χ1) is 15.3. The number of sulfone groups is 1. The standard InChI is InChI=1S/C22H19FN4O4S/c1-14-19(13-25)21(26-22(29)27(14)17-4-2-3-15(9-17)11-23)18-6-5-16(12-24)10-20(18)32(30,31)8-7-28/h2-6,9-10,21,28H,7-8,11H2,1H3,(H,26,29)/t21-/m1/s1. The number of carbonyl (C=O) groups is 1. The number of hydrogen-bond donors (Lipinski definition) is 2. The minimum Gasteiger partial charge on any atom is -0.395 e. The molecule has 0 unspecified atom stereocenters. The van der Waals surface area contributed by atoms with Gasteiger partial charge in [-0.1, -0.05) is 18.2 Å². The lowest BCUT2D eigenvalue weighted by molar-refractivity contribution is 0.243. The van der Waals surface area contributed by atoms with Crippen LogP contribution in [-0.4, -0.2) is 31.9 Å². The van der Waals surface area contributed by atoms with Crippen molar-refractivity contribution in [2.45, 2.75) is 24.5 Å². The maximum atomic E-state index is 13.1. The van der Waals surface area contributed by atoms with E-state index < -0.39 is 40.9 Å². The highest BCUT2D eigenvalue weighted by atomic mass is 32.2. The highest BCUT2D eigenvalue weighted by Crippen LogP contribution is 2.36. The van der Waals surface area contributed by atoms with Crippen molar-refractivity contribution in [1.29, 1.82) is 10.5 Å². The third-order valence-electron chi connectivity index (χ3n) is 5.08. The quantitative estimate of drug-likeness (QED) is 0.689. The predicted octanol–water partition coefficient (Wildman–Crippen LogP) is 2.86. The highest BCUT2D eigenvalue weighted by Gasteiger charge is 2.36. The number of benzene rings is 2. The number of halogens is 1. The van der Waals surface area contributed by atoms with Crippen molar-refractivity contribution in [3.8, 4) is 12.1 Å². The largest absolute Gasteiger partial charge is 0.395 e. The Kier molecular flexibility index (Phi) is 6.58. The predicted molar refractivity (Wildman–Crippen MR) is 114 cm³/mol. The second kappa shape index (κ2) is 9.18. The second-order valence-electron chi connectivity index (χ2n) is 7.04. The summed E-state index contributed by atoms with van der Waals surface area (Å²) < 4.78 is 38.6. The van der Waals surface area contributed by atoms with Gasteiger partial charge in [-0.05, 0) is 42.3 Å². The van der Waals surface area contributed by atoms with E-state index in [0.29, 0.717) is 11.3 Å². The summed E-state index contributed by atoms with van der Waals surface area (Å²) in [6.45, 7) is 0.184. The number of nitriles is 2. The second-order valence-corrected chi connectivity index (χ2v) is 9.12. The molecule has 10 heteroatoms. The smallest absolute Gasteiger partial charge is 0.327 e. The molecule has 1 aliphatic rings. The van der Waals surface area contributed by atoms with Crippen LogP contribution in [0, 0.1) is 22.7 Å². The minimum absolute atomic E-state index is 0.0799. The fraction of sp³-hybridized carbons (Fsp3) is 0.227. The number of anilines is 1. The van der Waals surface area contributed by atoms with Gasteiger partial charge in [-0.15, -0.1) is 0 Å². The van der Waals surface area contributed by atoms with Gasteiger partial charge in [-0.3, -0.25) is 4.90 Å². The summed E-state index contributed by atoms with van der Waals surface area (Å²) >= 11 is 0. The third kappa shape index (κ3) is 4.19. The molecule has 1 atom stereocenters. The molecule has 2 amide bonds. The van der Waals surface area contributed by atoms with Crippen LogP contribution in [0.15, 0.2) is 58.6 Å². The Hall–Kier alpha value is -3.73. The van der Waals surface area contributed by atoms with Crippen LogP contribution >= 0.6 is 0 Å². The Bertz CT molecular complexity index is 1290. The lowest BCUT2D eigenvalue weighted by Gasteiger charge is -2.34. The molecule has 164 valence electrons. The first-order valence-electron chi connectivity index (χ1n) is 9.51. The molecule has 2 aromatic rings. The summed E-state index contributed by atoms with van der Waals surface area (Å²) in [7, 11) is -4.00. The zero-order chi connectivity index (χ0) is 23.5. The van der Waals surface area contributed by atoms with E-state index >= 15 is 0 Å². The van der Waals surface area contributed by atoms with Crippen LogP contribution in [-0.2, 0) is 16.5 Å². The number of amides is 2. The van der Waals surface area contributed by atoms with Crippen molar-refractivity contribution < 1.29 is 22.7 Å². The van der Waals surface area contributed by atoms with Crippen LogP contribution < -0.4 is 10.2 Å². The molecule has 1 heterocycles. The van der Waals surface area contributed by atoms with Crippen LogP contribution in [0.2, 0.25) is 0 Å². The number of hydrogen-bond acceptors (Lipinski definition) is 6. The van der Waals surface area contributed by atoms with Crippen LogP contribution in [0.25, 0.3) is 0 Å². The maximum Gasteiger partial charge on any atom is 0.327 e. The molecule has 0 aliphatic carbocycles. The zero-order valence-electron chi connectivity index (χ0n) is 17.0. The van der Waals surface area contributed by atoms with Crippen LogP contribution in [0.1, 0.15) is 29.7 Å². The normalized spacial score (nSPS) is 16.3. The lowest BCUT2D eigenvalue weighted by atomic mass is 9.94. The molecular formula is C22H19FN4O4S. The van der Waals surface area contributed by atoms with E-state index in [1.165, 1.54) is 30.0 Å². The molecule has 0 saturated heterocycles. The van der Waals surface area contributed by atoms with E-state index in [9.17, 15) is 28.1 Å². The average Bonchev–Trinajstić information content (AvgIpc) is 2.78. The highest BCUT2D eigenvalue weighted by molar-refractivity contribution is 7.91. The fourth-order valence-corrected chi connectivity index (χ4v) is 4.86. The Labute approximate surface area is 184 Å². The molecule has 1 aliphatic heterocycles. The number of nitrogens with one attached hydrogen (secondary N) is 1. The van der Waals surface area contributed by atoms with Crippen molar-refractivity contribution in [3.63, 3.8) is 0 Å². The molecule has 0 saturated carbocycles. The molecule has 0 bridgehead atoms. The number of aliphatic hydroxyl groups excluding tert-OH is 1. The van der Waals surface area contributed by atoms with Crippen molar-refractivity contribution in [1.82, 2.24) is 5.32 Å². The Balaban J connectivity index is 2.19. The Morgan fingerprint density at radius 3 is 2.56 bits per heavy atom. The summed E-state index contributed by atoms with van der Waals surface area (Å²) in [6, 6.07) is 12.3. The van der Waals surface area contributed by atoms with Gasteiger partial charge < -0.3 is 10.4 Å². The van der Waals surface area contributed by atoms with Crippen molar-refractivity contribution >= 4 is 21.6 Å². The molecule has 0 radical (unpaired) electrons. The average molecular weight is 454 g/mol. The monoisotopic (exact) mass is 454 g/mol. The van der Waals surface area contributed by atoms with Gasteiger partial charge in [0.2, 0.25) is 0 Å². The van der Waals surface area contributed by atoms with Crippen LogP contribution in [0.5, 0.6) is 0 Å². The molecule has 32 heavy (non-hydrogen) atoms. The Morgan fingerprint density at radius 2 is 1.94 bits per heavy atom. The minimum atomic E-state index is -4.00. The van der Waals surface area contributed by atoms with E-state index in [4.69, 9.17) is 5.11 Å². The topological polar surface area (TPSA) is 134 Å². The van der Waals surface area contributed by atoms with Gasteiger partial charge in [0.05, 0.1) is 52.3 Å². The number of rotatable bonds is 6. The van der Waals surface area contributed by atoms with E-state index in [-0.39, 0.29) is 27.3 Å². The summed E-state index contributed by atoms with van der Waals surface area (Å²) in [5.41, 5.74) is 1.24. The van der Waals surface area contributed by atoms with Gasteiger partial charge in [0.15, 0.2) is 9.84 Å². The van der Waals surface area contributed by atoms with Gasteiger partial charge in [0.1, 0.15) is 6.67 Å². The van der Waals surface area contributed by atoms with Gasteiger partial charge in [-0.2, -0.15) is 10.5 Å². The van der Waals surface area contributed by atoms with E-state index in [2.05, 4.69) is 5.32 Å². The number of aliphatic hydroxyl groups is 1. The number of carbonyl (C=O) groups excluding carboxylic acids is 1. The van der Waals surface area contributed by atoms with Gasteiger partial charge in [0, 0.05) is 5.70 Å². The van der Waals surface area contributed by atoms with E-state index in [0.717, 1.165) is 6.07 Å². The first-order valence-corrected chi connectivity index (χ1v) is 11.2. The first kappa shape index (κ1) is 22.9. The molecule has 3 rings (SSSR count). The maximum absolute atomic E-state index is 13.1. The molecule has 0 spiro atoms. The molecule has 2 N–H and O–H groups in total. The fourth-order valence-electron chi connectivity index (χ4n) is 3.55. The Morgan fingerprint density at radius 1 is 1.19 bits per heavy atom. The van der Waals surface area contributed by atoms with Crippen molar-refractivity contribution in [2.24, 2.45) is 0 Å². The van der Waals surface area contributed by atoms with Crippen LogP contribution in [0.4, 0.5) is 14.9 Å². The number of urea groups is 1. The molecule has 0 aromatic heterocycles. The lowest BCUT2D eigenvalue weighted by Crippen LogP contribution is -2.46. The number of alkyl halides is 1.